The van der Waals surface area contributed by atoms with Crippen LogP contribution in [-0.2, 0) is 10.2 Å². The number of nitrogens with one attached hydrogen (secondary N) is 1. The molecule has 0 unspecified atom stereocenters. The molecule has 0 aromatic heterocycles. The molecule has 2 heteroatoms. The smallest absolute Gasteiger partial charge is 0.143 e. The van der Waals surface area contributed by atoms with E-state index in [-0.39, 0.29) is 5.41 Å². The summed E-state index contributed by atoms with van der Waals surface area (Å²) in [5.41, 5.74) is 0.995. The summed E-state index contributed by atoms with van der Waals surface area (Å²) in [4.78, 5) is 12.7. The maximum atomic E-state index is 12.7. The van der Waals surface area contributed by atoms with Crippen molar-refractivity contribution in [2.45, 2.75) is 44.4 Å². The molecule has 0 amide bonds. The SMILES string of the molecule is CCCCC(=O)C1(c2ccccc2)CCNCC1. The summed E-state index contributed by atoms with van der Waals surface area (Å²) in [5.74, 6) is 0.442. The predicted molar refractivity (Wildman–Crippen MR) is 74.8 cm³/mol. The van der Waals surface area contributed by atoms with Gasteiger partial charge in [-0.25, -0.2) is 0 Å². The first-order valence-electron chi connectivity index (χ1n) is 7.09. The van der Waals surface area contributed by atoms with Crippen LogP contribution in [0.4, 0.5) is 0 Å². The van der Waals surface area contributed by atoms with E-state index in [2.05, 4.69) is 24.4 Å². The summed E-state index contributed by atoms with van der Waals surface area (Å²) in [6.07, 6.45) is 4.72. The molecule has 1 heterocycles. The van der Waals surface area contributed by atoms with Crippen LogP contribution in [0.2, 0.25) is 0 Å². The quantitative estimate of drug-likeness (QED) is 0.863. The van der Waals surface area contributed by atoms with Gasteiger partial charge in [-0.05, 0) is 37.9 Å². The van der Waals surface area contributed by atoms with Crippen molar-refractivity contribution in [2.75, 3.05) is 13.1 Å². The highest BCUT2D eigenvalue weighted by Gasteiger charge is 2.39. The average molecular weight is 245 g/mol. The third kappa shape index (κ3) is 2.64. The van der Waals surface area contributed by atoms with Crippen LogP contribution in [0.15, 0.2) is 30.3 Å². The number of piperidine rings is 1. The van der Waals surface area contributed by atoms with Gasteiger partial charge in [0.25, 0.3) is 0 Å². The number of carbonyl (C=O) groups is 1. The molecule has 1 N–H and O–H groups in total. The van der Waals surface area contributed by atoms with Gasteiger partial charge in [0.1, 0.15) is 5.78 Å². The normalized spacial score (nSPS) is 18.5. The van der Waals surface area contributed by atoms with Gasteiger partial charge in [-0.2, -0.15) is 0 Å². The molecule has 1 aliphatic rings. The lowest BCUT2D eigenvalue weighted by atomic mass is 9.69. The fourth-order valence-electron chi connectivity index (χ4n) is 2.92. The van der Waals surface area contributed by atoms with Gasteiger partial charge in [-0.1, -0.05) is 43.7 Å². The van der Waals surface area contributed by atoms with Gasteiger partial charge in [0.2, 0.25) is 0 Å². The molecule has 1 aromatic rings. The summed E-state index contributed by atoms with van der Waals surface area (Å²) in [7, 11) is 0. The van der Waals surface area contributed by atoms with Crippen LogP contribution >= 0.6 is 0 Å². The minimum atomic E-state index is -0.221. The van der Waals surface area contributed by atoms with Gasteiger partial charge in [0, 0.05) is 6.42 Å². The van der Waals surface area contributed by atoms with Gasteiger partial charge in [-0.15, -0.1) is 0 Å². The maximum Gasteiger partial charge on any atom is 0.143 e. The molecular formula is C16H23NO. The van der Waals surface area contributed by atoms with Crippen molar-refractivity contribution in [3.05, 3.63) is 35.9 Å². The third-order valence-electron chi connectivity index (χ3n) is 4.07. The Morgan fingerprint density at radius 3 is 2.50 bits per heavy atom. The van der Waals surface area contributed by atoms with Gasteiger partial charge in [-0.3, -0.25) is 4.79 Å². The molecule has 0 saturated carbocycles. The number of rotatable bonds is 5. The van der Waals surface area contributed by atoms with Crippen molar-refractivity contribution in [3.63, 3.8) is 0 Å². The van der Waals surface area contributed by atoms with Crippen molar-refractivity contribution in [2.24, 2.45) is 0 Å². The standard InChI is InChI=1S/C16H23NO/c1-2-3-9-15(18)16(10-12-17-13-11-16)14-7-5-4-6-8-14/h4-8,17H,2-3,9-13H2,1H3. The van der Waals surface area contributed by atoms with Crippen LogP contribution in [0.25, 0.3) is 0 Å². The highest BCUT2D eigenvalue weighted by atomic mass is 16.1. The Kier molecular flexibility index (Phi) is 4.54. The molecule has 0 aliphatic carbocycles. The van der Waals surface area contributed by atoms with E-state index in [0.29, 0.717) is 5.78 Å². The van der Waals surface area contributed by atoms with E-state index in [0.717, 1.165) is 45.2 Å². The molecule has 1 aliphatic heterocycles. The average Bonchev–Trinajstić information content (AvgIpc) is 2.46. The molecule has 1 fully saturated rings. The molecule has 0 atom stereocenters. The first kappa shape index (κ1) is 13.3. The summed E-state index contributed by atoms with van der Waals surface area (Å²) in [6.45, 7) is 4.05. The van der Waals surface area contributed by atoms with E-state index in [4.69, 9.17) is 0 Å². The number of carbonyl (C=O) groups excluding carboxylic acids is 1. The Hall–Kier alpha value is -1.15. The summed E-state index contributed by atoms with van der Waals surface area (Å²) < 4.78 is 0. The Bertz CT molecular complexity index is 379. The summed E-state index contributed by atoms with van der Waals surface area (Å²) in [5, 5.41) is 3.37. The highest BCUT2D eigenvalue weighted by molar-refractivity contribution is 5.90. The molecule has 2 rings (SSSR count). The zero-order valence-corrected chi connectivity index (χ0v) is 11.2. The number of hydrogen-bond donors (Lipinski definition) is 1. The predicted octanol–water partition coefficient (Wildman–Crippen LogP) is 3.07. The van der Waals surface area contributed by atoms with Crippen LogP contribution < -0.4 is 5.32 Å². The Morgan fingerprint density at radius 1 is 1.22 bits per heavy atom. The second-order valence-electron chi connectivity index (χ2n) is 5.22. The van der Waals surface area contributed by atoms with E-state index < -0.39 is 0 Å². The number of Topliss-reactive ketones (excluding diaryl/α,β-unsaturated/α-hetero) is 1. The zero-order valence-electron chi connectivity index (χ0n) is 11.2. The molecule has 1 saturated heterocycles. The summed E-state index contributed by atoms with van der Waals surface area (Å²) in [6, 6.07) is 10.4. The van der Waals surface area contributed by atoms with E-state index in [1.54, 1.807) is 0 Å². The number of unbranched alkanes of at least 4 members (excludes halogenated alkanes) is 1. The number of benzene rings is 1. The van der Waals surface area contributed by atoms with E-state index in [1.165, 1.54) is 5.56 Å². The zero-order chi connectivity index (χ0) is 12.8. The van der Waals surface area contributed by atoms with Gasteiger partial charge in [0.15, 0.2) is 0 Å². The van der Waals surface area contributed by atoms with Gasteiger partial charge in [0.05, 0.1) is 5.41 Å². The van der Waals surface area contributed by atoms with E-state index >= 15 is 0 Å². The fourth-order valence-corrected chi connectivity index (χ4v) is 2.92. The Balaban J connectivity index is 2.25. The monoisotopic (exact) mass is 245 g/mol. The first-order valence-corrected chi connectivity index (χ1v) is 7.09. The second-order valence-corrected chi connectivity index (χ2v) is 5.22. The van der Waals surface area contributed by atoms with Crippen LogP contribution in [0.1, 0.15) is 44.6 Å². The molecule has 1 aromatic carbocycles. The van der Waals surface area contributed by atoms with Crippen molar-refractivity contribution in [1.29, 1.82) is 0 Å². The molecule has 2 nitrogen and oxygen atoms in total. The first-order chi connectivity index (χ1) is 8.79. The molecule has 18 heavy (non-hydrogen) atoms. The lowest BCUT2D eigenvalue weighted by Crippen LogP contribution is -2.45. The van der Waals surface area contributed by atoms with E-state index in [9.17, 15) is 4.79 Å². The fraction of sp³-hybridized carbons (Fsp3) is 0.562. The van der Waals surface area contributed by atoms with Crippen molar-refractivity contribution >= 4 is 5.78 Å². The molecule has 0 spiro atoms. The minimum absolute atomic E-state index is 0.221. The van der Waals surface area contributed by atoms with Crippen molar-refractivity contribution in [1.82, 2.24) is 5.32 Å². The lowest BCUT2D eigenvalue weighted by molar-refractivity contribution is -0.125. The van der Waals surface area contributed by atoms with Gasteiger partial charge < -0.3 is 5.32 Å². The number of hydrogen-bond acceptors (Lipinski definition) is 2. The third-order valence-corrected chi connectivity index (χ3v) is 4.07. The largest absolute Gasteiger partial charge is 0.317 e. The highest BCUT2D eigenvalue weighted by Crippen LogP contribution is 2.35. The summed E-state index contributed by atoms with van der Waals surface area (Å²) >= 11 is 0. The van der Waals surface area contributed by atoms with Crippen molar-refractivity contribution < 1.29 is 4.79 Å². The topological polar surface area (TPSA) is 29.1 Å². The van der Waals surface area contributed by atoms with E-state index in [1.807, 2.05) is 18.2 Å². The molecule has 0 bridgehead atoms. The van der Waals surface area contributed by atoms with Crippen LogP contribution in [0.5, 0.6) is 0 Å². The maximum absolute atomic E-state index is 12.7. The second kappa shape index (κ2) is 6.14. The number of ketones is 1. The molecular weight excluding hydrogens is 222 g/mol. The molecule has 98 valence electrons. The Labute approximate surface area is 110 Å². The van der Waals surface area contributed by atoms with Crippen LogP contribution in [0.3, 0.4) is 0 Å². The Morgan fingerprint density at radius 2 is 1.89 bits per heavy atom. The van der Waals surface area contributed by atoms with Crippen LogP contribution in [0, 0.1) is 0 Å². The molecule has 0 radical (unpaired) electrons. The van der Waals surface area contributed by atoms with Crippen LogP contribution in [-0.4, -0.2) is 18.9 Å². The van der Waals surface area contributed by atoms with Gasteiger partial charge >= 0.3 is 0 Å². The van der Waals surface area contributed by atoms with Crippen molar-refractivity contribution in [3.8, 4) is 0 Å². The lowest BCUT2D eigenvalue weighted by Gasteiger charge is -2.37. The minimum Gasteiger partial charge on any atom is -0.317 e.